The Morgan fingerprint density at radius 3 is 2.10 bits per heavy atom. The van der Waals surface area contributed by atoms with E-state index in [1.165, 1.54) is 12.1 Å². The highest BCUT2D eigenvalue weighted by molar-refractivity contribution is 5.26. The van der Waals surface area contributed by atoms with E-state index in [1.54, 1.807) is 12.1 Å². The van der Waals surface area contributed by atoms with Gasteiger partial charge in [-0.25, -0.2) is 0 Å². The van der Waals surface area contributed by atoms with E-state index in [9.17, 15) is 13.2 Å². The van der Waals surface area contributed by atoms with Gasteiger partial charge in [0.1, 0.15) is 0 Å². The number of benzene rings is 1. The molecule has 0 aromatic heterocycles. The van der Waals surface area contributed by atoms with Crippen molar-refractivity contribution in [2.75, 3.05) is 6.54 Å². The predicted octanol–water partition coefficient (Wildman–Crippen LogP) is 5.18. The zero-order valence-corrected chi connectivity index (χ0v) is 12.4. The highest BCUT2D eigenvalue weighted by Crippen LogP contribution is 2.30. The summed E-state index contributed by atoms with van der Waals surface area (Å²) in [4.78, 5) is 0. The topological polar surface area (TPSA) is 12.0 Å². The average molecular weight is 287 g/mol. The van der Waals surface area contributed by atoms with Crippen molar-refractivity contribution in [3.63, 3.8) is 0 Å². The van der Waals surface area contributed by atoms with Crippen molar-refractivity contribution in [3.05, 3.63) is 35.4 Å². The summed E-state index contributed by atoms with van der Waals surface area (Å²) in [6, 6.07) is 5.67. The third-order valence-corrected chi connectivity index (χ3v) is 3.31. The molecule has 1 aromatic rings. The molecule has 20 heavy (non-hydrogen) atoms. The monoisotopic (exact) mass is 287 g/mol. The Morgan fingerprint density at radius 2 is 1.65 bits per heavy atom. The molecule has 0 saturated heterocycles. The molecular weight excluding hydrogens is 263 g/mol. The molecule has 0 amide bonds. The molecule has 0 radical (unpaired) electrons. The molecule has 0 aliphatic carbocycles. The molecule has 0 saturated carbocycles. The van der Waals surface area contributed by atoms with Gasteiger partial charge >= 0.3 is 6.18 Å². The Morgan fingerprint density at radius 1 is 1.05 bits per heavy atom. The third-order valence-electron chi connectivity index (χ3n) is 3.31. The summed E-state index contributed by atoms with van der Waals surface area (Å²) in [5.74, 6) is 0.593. The van der Waals surface area contributed by atoms with Crippen molar-refractivity contribution in [3.8, 4) is 0 Å². The van der Waals surface area contributed by atoms with Crippen LogP contribution in [-0.4, -0.2) is 6.54 Å². The first-order chi connectivity index (χ1) is 9.34. The zero-order valence-electron chi connectivity index (χ0n) is 12.4. The van der Waals surface area contributed by atoms with Crippen molar-refractivity contribution in [1.29, 1.82) is 0 Å². The highest BCUT2D eigenvalue weighted by atomic mass is 19.4. The minimum absolute atomic E-state index is 0.139. The number of halogens is 3. The normalized spacial score (nSPS) is 13.8. The van der Waals surface area contributed by atoms with Crippen LogP contribution in [0.4, 0.5) is 13.2 Å². The second kappa shape index (κ2) is 7.67. The van der Waals surface area contributed by atoms with Crippen LogP contribution in [0, 0.1) is 5.92 Å². The molecule has 0 heterocycles. The fourth-order valence-electron chi connectivity index (χ4n) is 2.11. The number of nitrogens with one attached hydrogen (secondary N) is 1. The van der Waals surface area contributed by atoms with Gasteiger partial charge in [-0.3, -0.25) is 0 Å². The Labute approximate surface area is 119 Å². The number of rotatable bonds is 7. The van der Waals surface area contributed by atoms with Crippen LogP contribution in [-0.2, 0) is 6.18 Å². The SMILES string of the molecule is CCCNC(CCC(C)C)c1ccc(C(F)(F)F)cc1. The summed E-state index contributed by atoms with van der Waals surface area (Å²) in [5.41, 5.74) is 0.353. The minimum Gasteiger partial charge on any atom is -0.310 e. The molecular formula is C16H24F3N. The zero-order chi connectivity index (χ0) is 15.2. The first-order valence-corrected chi connectivity index (χ1v) is 7.25. The Balaban J connectivity index is 2.79. The number of alkyl halides is 3. The van der Waals surface area contributed by atoms with Crippen molar-refractivity contribution >= 4 is 0 Å². The molecule has 0 fully saturated rings. The lowest BCUT2D eigenvalue weighted by Crippen LogP contribution is -2.22. The molecule has 1 N–H and O–H groups in total. The van der Waals surface area contributed by atoms with Gasteiger partial charge in [-0.15, -0.1) is 0 Å². The molecule has 0 aliphatic rings. The molecule has 0 aliphatic heterocycles. The number of hydrogen-bond acceptors (Lipinski definition) is 1. The van der Waals surface area contributed by atoms with Gasteiger partial charge in [0, 0.05) is 6.04 Å². The summed E-state index contributed by atoms with van der Waals surface area (Å²) < 4.78 is 37.7. The Bertz CT molecular complexity index is 382. The molecule has 0 bridgehead atoms. The van der Waals surface area contributed by atoms with Crippen LogP contribution in [0.25, 0.3) is 0 Å². The van der Waals surface area contributed by atoms with Crippen LogP contribution in [0.15, 0.2) is 24.3 Å². The van der Waals surface area contributed by atoms with Crippen LogP contribution in [0.2, 0.25) is 0 Å². The van der Waals surface area contributed by atoms with Crippen LogP contribution >= 0.6 is 0 Å². The maximum atomic E-state index is 12.6. The Kier molecular flexibility index (Phi) is 6.53. The highest BCUT2D eigenvalue weighted by Gasteiger charge is 2.30. The van der Waals surface area contributed by atoms with E-state index in [4.69, 9.17) is 0 Å². The fourth-order valence-corrected chi connectivity index (χ4v) is 2.11. The summed E-state index contributed by atoms with van der Waals surface area (Å²) in [7, 11) is 0. The molecule has 114 valence electrons. The van der Waals surface area contributed by atoms with Gasteiger partial charge in [0.05, 0.1) is 5.56 Å². The summed E-state index contributed by atoms with van der Waals surface area (Å²) >= 11 is 0. The smallest absolute Gasteiger partial charge is 0.310 e. The lowest BCUT2D eigenvalue weighted by atomic mass is 9.96. The third kappa shape index (κ3) is 5.53. The lowest BCUT2D eigenvalue weighted by molar-refractivity contribution is -0.137. The molecule has 4 heteroatoms. The van der Waals surface area contributed by atoms with Crippen LogP contribution < -0.4 is 5.32 Å². The van der Waals surface area contributed by atoms with Crippen LogP contribution in [0.1, 0.15) is 57.2 Å². The van der Waals surface area contributed by atoms with Crippen LogP contribution in [0.3, 0.4) is 0 Å². The quantitative estimate of drug-likeness (QED) is 0.728. The first-order valence-electron chi connectivity index (χ1n) is 7.25. The molecule has 1 nitrogen and oxygen atoms in total. The largest absolute Gasteiger partial charge is 0.416 e. The molecule has 1 aromatic carbocycles. The first kappa shape index (κ1) is 17.0. The van der Waals surface area contributed by atoms with Gasteiger partial charge in [0.2, 0.25) is 0 Å². The Hall–Kier alpha value is -1.03. The van der Waals surface area contributed by atoms with Gasteiger partial charge < -0.3 is 5.32 Å². The molecule has 1 rings (SSSR count). The van der Waals surface area contributed by atoms with Gasteiger partial charge in [-0.2, -0.15) is 13.2 Å². The minimum atomic E-state index is -4.26. The summed E-state index contributed by atoms with van der Waals surface area (Å²) in [6.45, 7) is 7.27. The number of hydrogen-bond donors (Lipinski definition) is 1. The maximum absolute atomic E-state index is 12.6. The molecule has 1 unspecified atom stereocenters. The van der Waals surface area contributed by atoms with Crippen molar-refractivity contribution in [2.45, 2.75) is 52.3 Å². The lowest BCUT2D eigenvalue weighted by Gasteiger charge is -2.20. The second-order valence-corrected chi connectivity index (χ2v) is 5.60. The fraction of sp³-hybridized carbons (Fsp3) is 0.625. The summed E-state index contributed by atoms with van der Waals surface area (Å²) in [5, 5.41) is 3.42. The van der Waals surface area contributed by atoms with E-state index in [1.807, 2.05) is 0 Å². The second-order valence-electron chi connectivity index (χ2n) is 5.60. The van der Waals surface area contributed by atoms with Crippen LogP contribution in [0.5, 0.6) is 0 Å². The predicted molar refractivity (Wildman–Crippen MR) is 76.6 cm³/mol. The van der Waals surface area contributed by atoms with Gasteiger partial charge in [-0.05, 0) is 49.4 Å². The van der Waals surface area contributed by atoms with Crippen molar-refractivity contribution in [1.82, 2.24) is 5.32 Å². The van der Waals surface area contributed by atoms with Crippen molar-refractivity contribution in [2.24, 2.45) is 5.92 Å². The van der Waals surface area contributed by atoms with E-state index < -0.39 is 11.7 Å². The average Bonchev–Trinajstić information content (AvgIpc) is 2.38. The van der Waals surface area contributed by atoms with E-state index in [0.717, 1.165) is 31.4 Å². The summed E-state index contributed by atoms with van der Waals surface area (Å²) in [6.07, 6.45) is -1.24. The van der Waals surface area contributed by atoms with Gasteiger partial charge in [0.15, 0.2) is 0 Å². The van der Waals surface area contributed by atoms with E-state index in [2.05, 4.69) is 26.1 Å². The van der Waals surface area contributed by atoms with E-state index in [0.29, 0.717) is 5.92 Å². The van der Waals surface area contributed by atoms with Crippen molar-refractivity contribution < 1.29 is 13.2 Å². The van der Waals surface area contributed by atoms with E-state index in [-0.39, 0.29) is 6.04 Å². The van der Waals surface area contributed by atoms with E-state index >= 15 is 0 Å². The van der Waals surface area contributed by atoms with Gasteiger partial charge in [-0.1, -0.05) is 32.9 Å². The molecule has 1 atom stereocenters. The standard InChI is InChI=1S/C16H24F3N/c1-4-11-20-15(10-5-12(2)3)13-6-8-14(9-7-13)16(17,18)19/h6-9,12,15,20H,4-5,10-11H2,1-3H3. The van der Waals surface area contributed by atoms with Gasteiger partial charge in [0.25, 0.3) is 0 Å². The molecule has 0 spiro atoms. The maximum Gasteiger partial charge on any atom is 0.416 e.